The van der Waals surface area contributed by atoms with Crippen LogP contribution in [0.1, 0.15) is 18.2 Å². The summed E-state index contributed by atoms with van der Waals surface area (Å²) < 4.78 is 0. The second kappa shape index (κ2) is 5.46. The van der Waals surface area contributed by atoms with E-state index in [0.29, 0.717) is 5.75 Å². The average molecular weight is 268 g/mol. The number of aliphatic carboxylic acids is 1. The quantitative estimate of drug-likeness (QED) is 0.667. The van der Waals surface area contributed by atoms with E-state index in [1.165, 1.54) is 16.6 Å². The van der Waals surface area contributed by atoms with Gasteiger partial charge in [0.2, 0.25) is 0 Å². The van der Waals surface area contributed by atoms with E-state index in [9.17, 15) is 4.79 Å². The molecule has 6 heteroatoms. The summed E-state index contributed by atoms with van der Waals surface area (Å²) in [6.45, 7) is 2.11. The van der Waals surface area contributed by atoms with Gasteiger partial charge in [-0.25, -0.2) is 9.97 Å². The molecule has 0 aliphatic carbocycles. The molecule has 0 saturated heterocycles. The first kappa shape index (κ1) is 12.3. The monoisotopic (exact) mass is 268 g/mol. The number of aromatic nitrogens is 2. The molecule has 1 N–H and O–H groups in total. The van der Waals surface area contributed by atoms with Gasteiger partial charge in [0.05, 0.1) is 6.42 Å². The Morgan fingerprint density at radius 1 is 1.53 bits per heavy atom. The van der Waals surface area contributed by atoms with Crippen LogP contribution in [0.25, 0.3) is 10.2 Å². The third kappa shape index (κ3) is 2.95. The van der Waals surface area contributed by atoms with Crippen molar-refractivity contribution in [1.29, 1.82) is 0 Å². The van der Waals surface area contributed by atoms with E-state index < -0.39 is 5.97 Å². The molecule has 4 nitrogen and oxygen atoms in total. The van der Waals surface area contributed by atoms with Crippen LogP contribution in [0.4, 0.5) is 0 Å². The number of thiophene rings is 1. The van der Waals surface area contributed by atoms with Crippen molar-refractivity contribution >= 4 is 39.3 Å². The molecule has 0 radical (unpaired) electrons. The van der Waals surface area contributed by atoms with Crippen molar-refractivity contribution in [3.63, 3.8) is 0 Å². The van der Waals surface area contributed by atoms with E-state index in [1.807, 2.05) is 0 Å². The predicted octanol–water partition coefficient (Wildman–Crippen LogP) is 2.82. The molecule has 90 valence electrons. The fraction of sp³-hybridized carbons (Fsp3) is 0.364. The Labute approximate surface area is 107 Å². The van der Waals surface area contributed by atoms with E-state index in [0.717, 1.165) is 21.7 Å². The second-order valence-corrected chi connectivity index (χ2v) is 5.65. The third-order valence-corrected chi connectivity index (χ3v) is 4.44. The molecule has 17 heavy (non-hydrogen) atoms. The lowest BCUT2D eigenvalue weighted by Crippen LogP contribution is -1.96. The highest BCUT2D eigenvalue weighted by Gasteiger charge is 2.08. The Morgan fingerprint density at radius 3 is 3.06 bits per heavy atom. The minimum absolute atomic E-state index is 0.154. The van der Waals surface area contributed by atoms with Gasteiger partial charge in [-0.15, -0.1) is 23.1 Å². The number of fused-ring (bicyclic) bond motifs is 1. The van der Waals surface area contributed by atoms with Gasteiger partial charge in [-0.2, -0.15) is 0 Å². The van der Waals surface area contributed by atoms with Crippen molar-refractivity contribution in [2.24, 2.45) is 0 Å². The van der Waals surface area contributed by atoms with Crippen molar-refractivity contribution in [3.8, 4) is 0 Å². The van der Waals surface area contributed by atoms with Gasteiger partial charge in [0, 0.05) is 16.0 Å². The van der Waals surface area contributed by atoms with Crippen LogP contribution in [0.2, 0.25) is 0 Å². The molecule has 0 aromatic carbocycles. The molecule has 0 atom stereocenters. The maximum absolute atomic E-state index is 10.5. The standard InChI is InChI=1S/C11H12N2O2S2/c1-2-7-5-8-10(16-4-3-9(14)15)12-6-13-11(8)17-7/h5-6H,2-4H2,1H3,(H,14,15). The number of rotatable bonds is 5. The molecule has 2 aromatic rings. The number of hydrogen-bond acceptors (Lipinski definition) is 5. The van der Waals surface area contributed by atoms with E-state index >= 15 is 0 Å². The van der Waals surface area contributed by atoms with Crippen molar-refractivity contribution in [3.05, 3.63) is 17.3 Å². The molecule has 0 aliphatic heterocycles. The first-order valence-electron chi connectivity index (χ1n) is 5.28. The number of thioether (sulfide) groups is 1. The van der Waals surface area contributed by atoms with Gasteiger partial charge in [0.15, 0.2) is 0 Å². The molecule has 0 spiro atoms. The minimum Gasteiger partial charge on any atom is -0.481 e. The Hall–Kier alpha value is -1.14. The number of nitrogens with zero attached hydrogens (tertiary/aromatic N) is 2. The van der Waals surface area contributed by atoms with Crippen molar-refractivity contribution < 1.29 is 9.90 Å². The van der Waals surface area contributed by atoms with Gasteiger partial charge in [-0.1, -0.05) is 6.92 Å². The molecule has 0 amide bonds. The SMILES string of the molecule is CCc1cc2c(SCCC(=O)O)ncnc2s1. The Morgan fingerprint density at radius 2 is 2.35 bits per heavy atom. The summed E-state index contributed by atoms with van der Waals surface area (Å²) in [7, 11) is 0. The van der Waals surface area contributed by atoms with Gasteiger partial charge in [0.25, 0.3) is 0 Å². The van der Waals surface area contributed by atoms with Gasteiger partial charge in [-0.3, -0.25) is 4.79 Å². The minimum atomic E-state index is -0.776. The summed E-state index contributed by atoms with van der Waals surface area (Å²) >= 11 is 3.15. The Kier molecular flexibility index (Phi) is 3.96. The van der Waals surface area contributed by atoms with Gasteiger partial charge in [-0.05, 0) is 12.5 Å². The molecule has 0 unspecified atom stereocenters. The number of hydrogen-bond donors (Lipinski definition) is 1. The summed E-state index contributed by atoms with van der Waals surface area (Å²) in [5.41, 5.74) is 0. The molecule has 2 aromatic heterocycles. The first-order valence-corrected chi connectivity index (χ1v) is 7.09. The van der Waals surface area contributed by atoms with Crippen LogP contribution < -0.4 is 0 Å². The zero-order valence-corrected chi connectivity index (χ0v) is 11.0. The Balaban J connectivity index is 2.21. The van der Waals surface area contributed by atoms with Crippen molar-refractivity contribution in [2.45, 2.75) is 24.8 Å². The summed E-state index contributed by atoms with van der Waals surface area (Å²) in [5, 5.41) is 10.5. The highest BCUT2D eigenvalue weighted by Crippen LogP contribution is 2.31. The van der Waals surface area contributed by atoms with Crippen LogP contribution in [0.15, 0.2) is 17.4 Å². The van der Waals surface area contributed by atoms with Crippen LogP contribution in [-0.2, 0) is 11.2 Å². The van der Waals surface area contributed by atoms with Crippen LogP contribution in [-0.4, -0.2) is 26.8 Å². The van der Waals surface area contributed by atoms with Gasteiger partial charge in [0.1, 0.15) is 16.2 Å². The highest BCUT2D eigenvalue weighted by molar-refractivity contribution is 7.99. The molecule has 2 heterocycles. The second-order valence-electron chi connectivity index (χ2n) is 3.46. The van der Waals surface area contributed by atoms with E-state index in [-0.39, 0.29) is 6.42 Å². The van der Waals surface area contributed by atoms with E-state index in [2.05, 4.69) is 23.0 Å². The van der Waals surface area contributed by atoms with Crippen LogP contribution in [0.3, 0.4) is 0 Å². The third-order valence-electron chi connectivity index (χ3n) is 2.25. The van der Waals surface area contributed by atoms with E-state index in [4.69, 9.17) is 5.11 Å². The van der Waals surface area contributed by atoms with Crippen LogP contribution >= 0.6 is 23.1 Å². The zero-order chi connectivity index (χ0) is 12.3. The fourth-order valence-corrected chi connectivity index (χ4v) is 3.31. The number of carbonyl (C=O) groups is 1. The van der Waals surface area contributed by atoms with E-state index in [1.54, 1.807) is 17.7 Å². The van der Waals surface area contributed by atoms with Crippen LogP contribution in [0.5, 0.6) is 0 Å². The van der Waals surface area contributed by atoms with Gasteiger partial charge < -0.3 is 5.11 Å². The largest absolute Gasteiger partial charge is 0.481 e. The fourth-order valence-electron chi connectivity index (χ4n) is 1.41. The normalized spacial score (nSPS) is 10.9. The van der Waals surface area contributed by atoms with Crippen molar-refractivity contribution in [2.75, 3.05) is 5.75 Å². The maximum Gasteiger partial charge on any atom is 0.304 e. The number of carboxylic acid groups (broad SMARTS) is 1. The predicted molar refractivity (Wildman–Crippen MR) is 69.8 cm³/mol. The molecular formula is C11H12N2O2S2. The lowest BCUT2D eigenvalue weighted by atomic mass is 10.3. The molecular weight excluding hydrogens is 256 g/mol. The van der Waals surface area contributed by atoms with Crippen LogP contribution in [0, 0.1) is 0 Å². The van der Waals surface area contributed by atoms with Gasteiger partial charge >= 0.3 is 5.97 Å². The molecule has 0 aliphatic rings. The summed E-state index contributed by atoms with van der Waals surface area (Å²) in [6.07, 6.45) is 2.68. The lowest BCUT2D eigenvalue weighted by molar-refractivity contribution is -0.136. The summed E-state index contributed by atoms with van der Waals surface area (Å²) in [6, 6.07) is 2.10. The summed E-state index contributed by atoms with van der Waals surface area (Å²) in [4.78, 5) is 21.2. The maximum atomic E-state index is 10.5. The number of carboxylic acids is 1. The first-order chi connectivity index (χ1) is 8.20. The summed E-state index contributed by atoms with van der Waals surface area (Å²) in [5.74, 6) is -0.235. The Bertz CT molecular complexity index is 539. The highest BCUT2D eigenvalue weighted by atomic mass is 32.2. The number of aryl methyl sites for hydroxylation is 1. The lowest BCUT2D eigenvalue weighted by Gasteiger charge is -1.99. The molecule has 2 rings (SSSR count). The average Bonchev–Trinajstić information content (AvgIpc) is 2.72. The van der Waals surface area contributed by atoms with Crippen molar-refractivity contribution in [1.82, 2.24) is 9.97 Å². The topological polar surface area (TPSA) is 63.1 Å². The molecule has 0 bridgehead atoms. The molecule has 0 fully saturated rings. The molecule has 0 saturated carbocycles. The smallest absolute Gasteiger partial charge is 0.304 e. The zero-order valence-electron chi connectivity index (χ0n) is 9.34.